The fourth-order valence-corrected chi connectivity index (χ4v) is 1.47. The lowest BCUT2D eigenvalue weighted by molar-refractivity contribution is 0.160. The summed E-state index contributed by atoms with van der Waals surface area (Å²) in [4.78, 5) is 17.4. The average Bonchev–Trinajstić information content (AvgIpc) is 2.41. The summed E-state index contributed by atoms with van der Waals surface area (Å²) in [7, 11) is 1.68. The highest BCUT2D eigenvalue weighted by atomic mass is 16.6. The zero-order valence-corrected chi connectivity index (χ0v) is 10.1. The highest BCUT2D eigenvalue weighted by Crippen LogP contribution is 2.10. The van der Waals surface area contributed by atoms with E-state index in [0.29, 0.717) is 12.3 Å². The molecule has 1 aromatic carbocycles. The summed E-state index contributed by atoms with van der Waals surface area (Å²) in [5.41, 5.74) is 0.824. The minimum Gasteiger partial charge on any atom is -0.410 e. The smallest absolute Gasteiger partial charge is 0.410 e. The molecule has 0 atom stereocenters. The molecule has 0 saturated carbocycles. The van der Waals surface area contributed by atoms with Crippen LogP contribution in [0.5, 0.6) is 5.75 Å². The summed E-state index contributed by atoms with van der Waals surface area (Å²) in [5, 5.41) is 0. The van der Waals surface area contributed by atoms with Gasteiger partial charge < -0.3 is 9.64 Å². The van der Waals surface area contributed by atoms with Gasteiger partial charge in [0.1, 0.15) is 5.75 Å². The first-order valence-electron chi connectivity index (χ1n) is 5.63. The minimum absolute atomic E-state index is 0.396. The highest BCUT2D eigenvalue weighted by molar-refractivity contribution is 5.70. The zero-order chi connectivity index (χ0) is 12.8. The number of para-hydroxylation sites is 1. The molecule has 0 N–H and O–H groups in total. The Morgan fingerprint density at radius 2 is 1.89 bits per heavy atom. The molecule has 2 aromatic rings. The van der Waals surface area contributed by atoms with Crippen LogP contribution in [0.4, 0.5) is 4.79 Å². The van der Waals surface area contributed by atoms with Crippen molar-refractivity contribution in [3.05, 3.63) is 60.4 Å². The second kappa shape index (κ2) is 5.82. The van der Waals surface area contributed by atoms with Crippen LogP contribution >= 0.6 is 0 Å². The average molecular weight is 242 g/mol. The van der Waals surface area contributed by atoms with E-state index in [1.807, 2.05) is 36.4 Å². The number of amides is 1. The van der Waals surface area contributed by atoms with E-state index in [2.05, 4.69) is 4.98 Å². The summed E-state index contributed by atoms with van der Waals surface area (Å²) in [6, 6.07) is 14.6. The van der Waals surface area contributed by atoms with Crippen LogP contribution in [0.1, 0.15) is 5.69 Å². The molecule has 18 heavy (non-hydrogen) atoms. The Hall–Kier alpha value is -2.36. The van der Waals surface area contributed by atoms with E-state index in [0.717, 1.165) is 5.69 Å². The predicted molar refractivity (Wildman–Crippen MR) is 68.2 cm³/mol. The third kappa shape index (κ3) is 3.31. The van der Waals surface area contributed by atoms with Gasteiger partial charge in [-0.15, -0.1) is 0 Å². The molecule has 0 bridgehead atoms. The number of hydrogen-bond donors (Lipinski definition) is 0. The molecule has 0 aliphatic carbocycles. The maximum atomic E-state index is 11.8. The highest BCUT2D eigenvalue weighted by Gasteiger charge is 2.11. The number of benzene rings is 1. The standard InChI is InChI=1S/C14H14N2O2/c1-16(11-12-7-5-6-10-15-12)14(17)18-13-8-3-2-4-9-13/h2-10H,11H2,1H3. The number of carbonyl (C=O) groups is 1. The fraction of sp³-hybridized carbons (Fsp3) is 0.143. The van der Waals surface area contributed by atoms with Crippen molar-refractivity contribution in [1.29, 1.82) is 0 Å². The van der Waals surface area contributed by atoms with Gasteiger partial charge >= 0.3 is 6.09 Å². The molecule has 0 spiro atoms. The summed E-state index contributed by atoms with van der Waals surface area (Å²) in [6.45, 7) is 0.423. The van der Waals surface area contributed by atoms with Gasteiger partial charge in [-0.05, 0) is 24.3 Å². The Morgan fingerprint density at radius 3 is 2.56 bits per heavy atom. The van der Waals surface area contributed by atoms with Crippen LogP contribution < -0.4 is 4.74 Å². The van der Waals surface area contributed by atoms with Gasteiger partial charge in [0.15, 0.2) is 0 Å². The lowest BCUT2D eigenvalue weighted by Gasteiger charge is -2.16. The van der Waals surface area contributed by atoms with Gasteiger partial charge in [0.05, 0.1) is 12.2 Å². The molecule has 0 aliphatic heterocycles. The SMILES string of the molecule is CN(Cc1ccccn1)C(=O)Oc1ccccc1. The van der Waals surface area contributed by atoms with Crippen molar-refractivity contribution in [3.63, 3.8) is 0 Å². The summed E-state index contributed by atoms with van der Waals surface area (Å²) < 4.78 is 5.21. The third-order valence-electron chi connectivity index (χ3n) is 2.39. The molecule has 0 radical (unpaired) electrons. The van der Waals surface area contributed by atoms with E-state index in [4.69, 9.17) is 4.74 Å². The molecular formula is C14H14N2O2. The quantitative estimate of drug-likeness (QED) is 0.831. The molecule has 0 unspecified atom stereocenters. The Kier molecular flexibility index (Phi) is 3.91. The molecule has 92 valence electrons. The summed E-state index contributed by atoms with van der Waals surface area (Å²) in [5.74, 6) is 0.537. The summed E-state index contributed by atoms with van der Waals surface area (Å²) in [6.07, 6.45) is 1.30. The van der Waals surface area contributed by atoms with E-state index >= 15 is 0 Å². The first kappa shape index (κ1) is 12.1. The second-order valence-electron chi connectivity index (χ2n) is 3.86. The molecular weight excluding hydrogens is 228 g/mol. The van der Waals surface area contributed by atoms with Crippen LogP contribution in [0.3, 0.4) is 0 Å². The number of carbonyl (C=O) groups excluding carboxylic acids is 1. The zero-order valence-electron chi connectivity index (χ0n) is 10.1. The Labute approximate surface area is 106 Å². The number of aromatic nitrogens is 1. The Morgan fingerprint density at radius 1 is 1.17 bits per heavy atom. The lowest BCUT2D eigenvalue weighted by Crippen LogP contribution is -2.29. The van der Waals surface area contributed by atoms with E-state index < -0.39 is 6.09 Å². The van der Waals surface area contributed by atoms with Gasteiger partial charge in [-0.2, -0.15) is 0 Å². The maximum absolute atomic E-state index is 11.8. The largest absolute Gasteiger partial charge is 0.415 e. The first-order chi connectivity index (χ1) is 8.75. The van der Waals surface area contributed by atoms with Crippen molar-refractivity contribution in [2.75, 3.05) is 7.05 Å². The fourth-order valence-electron chi connectivity index (χ4n) is 1.47. The molecule has 0 aliphatic rings. The van der Waals surface area contributed by atoms with Crippen molar-refractivity contribution < 1.29 is 9.53 Å². The summed E-state index contributed by atoms with van der Waals surface area (Å²) >= 11 is 0. The number of pyridine rings is 1. The molecule has 4 heteroatoms. The predicted octanol–water partition coefficient (Wildman–Crippen LogP) is 2.71. The van der Waals surface area contributed by atoms with Crippen LogP contribution in [-0.4, -0.2) is 23.0 Å². The van der Waals surface area contributed by atoms with Gasteiger partial charge in [-0.3, -0.25) is 4.98 Å². The van der Waals surface area contributed by atoms with E-state index in [1.54, 1.807) is 25.4 Å². The van der Waals surface area contributed by atoms with Crippen molar-refractivity contribution >= 4 is 6.09 Å². The number of nitrogens with zero attached hydrogens (tertiary/aromatic N) is 2. The maximum Gasteiger partial charge on any atom is 0.415 e. The minimum atomic E-state index is -0.396. The molecule has 4 nitrogen and oxygen atoms in total. The van der Waals surface area contributed by atoms with Gasteiger partial charge in [0, 0.05) is 13.2 Å². The van der Waals surface area contributed by atoms with Crippen LogP contribution in [0, 0.1) is 0 Å². The number of hydrogen-bond acceptors (Lipinski definition) is 3. The molecule has 0 saturated heterocycles. The van der Waals surface area contributed by atoms with Crippen molar-refractivity contribution in [2.45, 2.75) is 6.54 Å². The van der Waals surface area contributed by atoms with Crippen LogP contribution in [-0.2, 0) is 6.54 Å². The van der Waals surface area contributed by atoms with Gasteiger partial charge in [-0.25, -0.2) is 4.79 Å². The molecule has 1 amide bonds. The molecule has 1 heterocycles. The number of ether oxygens (including phenoxy) is 1. The Bertz CT molecular complexity index is 500. The van der Waals surface area contributed by atoms with Gasteiger partial charge in [0.2, 0.25) is 0 Å². The van der Waals surface area contributed by atoms with Gasteiger partial charge in [0.25, 0.3) is 0 Å². The van der Waals surface area contributed by atoms with E-state index in [9.17, 15) is 4.79 Å². The topological polar surface area (TPSA) is 42.4 Å². The normalized spacial score (nSPS) is 9.83. The van der Waals surface area contributed by atoms with Crippen LogP contribution in [0.15, 0.2) is 54.7 Å². The van der Waals surface area contributed by atoms with Crippen molar-refractivity contribution in [2.24, 2.45) is 0 Å². The van der Waals surface area contributed by atoms with Crippen LogP contribution in [0.2, 0.25) is 0 Å². The van der Waals surface area contributed by atoms with E-state index in [-0.39, 0.29) is 0 Å². The number of rotatable bonds is 3. The molecule has 0 fully saturated rings. The molecule has 1 aromatic heterocycles. The van der Waals surface area contributed by atoms with Crippen molar-refractivity contribution in [1.82, 2.24) is 9.88 Å². The van der Waals surface area contributed by atoms with Crippen molar-refractivity contribution in [3.8, 4) is 5.75 Å². The third-order valence-corrected chi connectivity index (χ3v) is 2.39. The van der Waals surface area contributed by atoms with Crippen LogP contribution in [0.25, 0.3) is 0 Å². The Balaban J connectivity index is 1.93. The second-order valence-corrected chi connectivity index (χ2v) is 3.86. The van der Waals surface area contributed by atoms with E-state index in [1.165, 1.54) is 4.90 Å². The molecule has 2 rings (SSSR count). The monoisotopic (exact) mass is 242 g/mol. The lowest BCUT2D eigenvalue weighted by atomic mass is 10.3. The van der Waals surface area contributed by atoms with Gasteiger partial charge in [-0.1, -0.05) is 24.3 Å². The first-order valence-corrected chi connectivity index (χ1v) is 5.63.